The molecule has 0 bridgehead atoms. The highest BCUT2D eigenvalue weighted by Crippen LogP contribution is 2.33. The molecule has 2 aromatic heterocycles. The van der Waals surface area contributed by atoms with Crippen LogP contribution in [0.5, 0.6) is 11.6 Å². The van der Waals surface area contributed by atoms with E-state index in [1.165, 1.54) is 0 Å². The number of benzene rings is 1. The molecule has 1 unspecified atom stereocenters. The molecular formula is C25H28N2O5. The molecule has 0 aliphatic carbocycles. The zero-order valence-corrected chi connectivity index (χ0v) is 18.2. The number of aliphatic hydroxyl groups excluding tert-OH is 1. The van der Waals surface area contributed by atoms with Crippen LogP contribution in [0.4, 0.5) is 0 Å². The Kier molecular flexibility index (Phi) is 7.19. The van der Waals surface area contributed by atoms with Crippen LogP contribution in [0.25, 0.3) is 11.4 Å². The van der Waals surface area contributed by atoms with Crippen molar-refractivity contribution in [2.45, 2.75) is 45.6 Å². The lowest BCUT2D eigenvalue weighted by Crippen LogP contribution is -2.29. The Hall–Kier alpha value is -3.16. The molecule has 4 rings (SSSR count). The molecule has 3 aromatic rings. The van der Waals surface area contributed by atoms with E-state index in [-0.39, 0.29) is 30.9 Å². The third kappa shape index (κ3) is 4.84. The average molecular weight is 437 g/mol. The van der Waals surface area contributed by atoms with Gasteiger partial charge in [0, 0.05) is 19.2 Å². The maximum Gasteiger partial charge on any atom is 0.230 e. The highest BCUT2D eigenvalue weighted by molar-refractivity contribution is 5.65. The first-order chi connectivity index (χ1) is 15.7. The van der Waals surface area contributed by atoms with E-state index in [4.69, 9.17) is 14.2 Å². The summed E-state index contributed by atoms with van der Waals surface area (Å²) in [7, 11) is 0. The lowest BCUT2D eigenvalue weighted by Gasteiger charge is -2.28. The van der Waals surface area contributed by atoms with Crippen LogP contribution in [0.1, 0.15) is 30.4 Å². The number of hydrogen-bond acceptors (Lipinski definition) is 6. The predicted molar refractivity (Wildman–Crippen MR) is 121 cm³/mol. The van der Waals surface area contributed by atoms with Crippen LogP contribution in [-0.2, 0) is 17.9 Å². The molecule has 0 radical (unpaired) electrons. The Balaban J connectivity index is 1.83. The van der Waals surface area contributed by atoms with Crippen molar-refractivity contribution >= 4 is 0 Å². The summed E-state index contributed by atoms with van der Waals surface area (Å²) in [5, 5.41) is 9.83. The molecule has 1 aliphatic rings. The van der Waals surface area contributed by atoms with Crippen LogP contribution < -0.4 is 14.9 Å². The molecule has 1 aliphatic heterocycles. The number of aliphatic hydroxyl groups is 1. The number of aromatic nitrogens is 2. The highest BCUT2D eigenvalue weighted by Gasteiger charge is 2.26. The maximum absolute atomic E-state index is 13.5. The summed E-state index contributed by atoms with van der Waals surface area (Å²) >= 11 is 0. The van der Waals surface area contributed by atoms with Gasteiger partial charge in [-0.1, -0.05) is 36.4 Å². The zero-order chi connectivity index (χ0) is 22.3. The van der Waals surface area contributed by atoms with Crippen molar-refractivity contribution in [3.8, 4) is 23.0 Å². The molecule has 1 atom stereocenters. The van der Waals surface area contributed by atoms with Gasteiger partial charge in [0.15, 0.2) is 5.75 Å². The van der Waals surface area contributed by atoms with E-state index >= 15 is 0 Å². The highest BCUT2D eigenvalue weighted by atomic mass is 16.7. The van der Waals surface area contributed by atoms with Crippen LogP contribution in [0, 0.1) is 6.92 Å². The topological polar surface area (TPSA) is 82.8 Å². The molecule has 3 heterocycles. The van der Waals surface area contributed by atoms with Crippen LogP contribution in [-0.4, -0.2) is 34.2 Å². The van der Waals surface area contributed by atoms with E-state index in [9.17, 15) is 9.90 Å². The summed E-state index contributed by atoms with van der Waals surface area (Å²) in [6.07, 6.45) is 3.97. The van der Waals surface area contributed by atoms with Gasteiger partial charge in [0.1, 0.15) is 12.3 Å². The van der Waals surface area contributed by atoms with E-state index in [1.807, 2.05) is 48.5 Å². The zero-order valence-electron chi connectivity index (χ0n) is 18.2. The Bertz CT molecular complexity index is 1080. The van der Waals surface area contributed by atoms with Gasteiger partial charge in [0.25, 0.3) is 0 Å². The molecule has 0 amide bonds. The summed E-state index contributed by atoms with van der Waals surface area (Å²) in [5.41, 5.74) is 2.14. The first kappa shape index (κ1) is 22.0. The Morgan fingerprint density at radius 3 is 2.66 bits per heavy atom. The molecular weight excluding hydrogens is 408 g/mol. The summed E-state index contributed by atoms with van der Waals surface area (Å²) in [6.45, 7) is 2.66. The van der Waals surface area contributed by atoms with Crippen molar-refractivity contribution in [1.82, 2.24) is 9.55 Å². The van der Waals surface area contributed by atoms with Crippen LogP contribution in [0.15, 0.2) is 59.5 Å². The minimum atomic E-state index is -0.431. The van der Waals surface area contributed by atoms with Crippen molar-refractivity contribution in [3.05, 3.63) is 76.1 Å². The maximum atomic E-state index is 13.5. The van der Waals surface area contributed by atoms with E-state index in [0.717, 1.165) is 24.8 Å². The molecule has 1 aromatic carbocycles. The van der Waals surface area contributed by atoms with Crippen molar-refractivity contribution in [1.29, 1.82) is 0 Å². The van der Waals surface area contributed by atoms with E-state index in [1.54, 1.807) is 17.7 Å². The van der Waals surface area contributed by atoms with Crippen molar-refractivity contribution in [2.75, 3.05) is 13.2 Å². The second kappa shape index (κ2) is 10.4. The van der Waals surface area contributed by atoms with Gasteiger partial charge in [-0.25, -0.2) is 0 Å². The second-order valence-electron chi connectivity index (χ2n) is 7.72. The lowest BCUT2D eigenvalue weighted by molar-refractivity contribution is -0.109. The van der Waals surface area contributed by atoms with Crippen molar-refractivity contribution in [2.24, 2.45) is 0 Å². The summed E-state index contributed by atoms with van der Waals surface area (Å²) < 4.78 is 19.8. The number of hydrogen-bond donors (Lipinski definition) is 1. The van der Waals surface area contributed by atoms with Crippen LogP contribution in [0.2, 0.25) is 0 Å². The number of pyridine rings is 2. The standard InChI is InChI=1S/C25H28N2O5/c1-18-23(29)24(31-17-19-9-3-2-4-10-19)22(20-11-5-7-13-26-20)27(14-15-28)25(18)32-21-12-6-8-16-30-21/h2-5,7,9-11,13,21,28H,6,8,12,14-17H2,1H3. The number of ether oxygens (including phenoxy) is 3. The quantitative estimate of drug-likeness (QED) is 0.580. The van der Waals surface area contributed by atoms with Gasteiger partial charge < -0.3 is 23.9 Å². The molecule has 7 heteroatoms. The first-order valence-corrected chi connectivity index (χ1v) is 10.9. The smallest absolute Gasteiger partial charge is 0.230 e. The van der Waals surface area contributed by atoms with Gasteiger partial charge >= 0.3 is 0 Å². The van der Waals surface area contributed by atoms with Crippen molar-refractivity contribution < 1.29 is 19.3 Å². The molecule has 1 saturated heterocycles. The number of nitrogens with zero attached hydrogens (tertiary/aromatic N) is 2. The SMILES string of the molecule is Cc1c(OC2CCCCO2)n(CCO)c(-c2ccccn2)c(OCc2ccccc2)c1=O. The minimum absolute atomic E-state index is 0.137. The number of rotatable bonds is 8. The van der Waals surface area contributed by atoms with Crippen LogP contribution in [0.3, 0.4) is 0 Å². The Morgan fingerprint density at radius 2 is 1.97 bits per heavy atom. The molecule has 1 fully saturated rings. The summed E-state index contributed by atoms with van der Waals surface area (Å²) in [6, 6.07) is 15.1. The average Bonchev–Trinajstić information content (AvgIpc) is 2.84. The third-order valence-electron chi connectivity index (χ3n) is 5.44. The van der Waals surface area contributed by atoms with Gasteiger partial charge in [-0.2, -0.15) is 0 Å². The summed E-state index contributed by atoms with van der Waals surface area (Å²) in [5.74, 6) is 0.569. The molecule has 32 heavy (non-hydrogen) atoms. The van der Waals surface area contributed by atoms with E-state index in [0.29, 0.717) is 29.4 Å². The van der Waals surface area contributed by atoms with Gasteiger partial charge in [-0.3, -0.25) is 9.78 Å². The molecule has 0 spiro atoms. The summed E-state index contributed by atoms with van der Waals surface area (Å²) in [4.78, 5) is 17.9. The molecule has 168 valence electrons. The van der Waals surface area contributed by atoms with Crippen molar-refractivity contribution in [3.63, 3.8) is 0 Å². The van der Waals surface area contributed by atoms with Gasteiger partial charge in [0.2, 0.25) is 17.6 Å². The Morgan fingerprint density at radius 1 is 1.16 bits per heavy atom. The first-order valence-electron chi connectivity index (χ1n) is 10.9. The predicted octanol–water partition coefficient (Wildman–Crippen LogP) is 3.70. The fourth-order valence-electron chi connectivity index (χ4n) is 3.82. The third-order valence-corrected chi connectivity index (χ3v) is 5.44. The Labute approximate surface area is 187 Å². The van der Waals surface area contributed by atoms with Crippen LogP contribution >= 0.6 is 0 Å². The second-order valence-corrected chi connectivity index (χ2v) is 7.72. The van der Waals surface area contributed by atoms with E-state index < -0.39 is 6.29 Å². The molecule has 1 N–H and O–H groups in total. The lowest BCUT2D eigenvalue weighted by atomic mass is 10.1. The normalized spacial score (nSPS) is 16.0. The fourth-order valence-corrected chi connectivity index (χ4v) is 3.82. The molecule has 7 nitrogen and oxygen atoms in total. The van der Waals surface area contributed by atoms with E-state index in [2.05, 4.69) is 4.98 Å². The minimum Gasteiger partial charge on any atom is -0.483 e. The fraction of sp³-hybridized carbons (Fsp3) is 0.360. The largest absolute Gasteiger partial charge is 0.483 e. The monoisotopic (exact) mass is 436 g/mol. The van der Waals surface area contributed by atoms with Gasteiger partial charge in [0.05, 0.1) is 24.5 Å². The van der Waals surface area contributed by atoms with Gasteiger partial charge in [-0.15, -0.1) is 0 Å². The molecule has 0 saturated carbocycles. The van der Waals surface area contributed by atoms with Gasteiger partial charge in [-0.05, 0) is 37.5 Å².